The molecule has 0 aliphatic rings. The van der Waals surface area contributed by atoms with Gasteiger partial charge in [-0.25, -0.2) is 0 Å². The van der Waals surface area contributed by atoms with E-state index in [1.54, 1.807) is 0 Å². The molecule has 0 atom stereocenters. The molecule has 0 saturated heterocycles. The highest BCUT2D eigenvalue weighted by Gasteiger charge is 2.23. The van der Waals surface area contributed by atoms with Gasteiger partial charge in [0.05, 0.1) is 41.3 Å². The van der Waals surface area contributed by atoms with Crippen molar-refractivity contribution in [1.29, 1.82) is 0 Å². The SMILES string of the molecule is CC.CC(C)(Br)COCC(C)(C)OCc1cc([N+](=O)[O-])cc([N+](=O)[O-])c1. The summed E-state index contributed by atoms with van der Waals surface area (Å²) < 4.78 is 11.2. The monoisotopic (exact) mass is 434 g/mol. The predicted octanol–water partition coefficient (Wildman–Crippen LogP) is 5.01. The predicted molar refractivity (Wildman–Crippen MR) is 104 cm³/mol. The van der Waals surface area contributed by atoms with Gasteiger partial charge in [0.1, 0.15) is 0 Å². The highest BCUT2D eigenvalue weighted by molar-refractivity contribution is 9.10. The zero-order chi connectivity index (χ0) is 20.5. The molecule has 0 aliphatic carbocycles. The lowest BCUT2D eigenvalue weighted by atomic mass is 10.1. The number of alkyl halides is 1. The number of benzene rings is 1. The molecule has 0 saturated carbocycles. The number of non-ortho nitro benzene ring substituents is 2. The molecule has 0 fully saturated rings. The Morgan fingerprint density at radius 3 is 1.81 bits per heavy atom. The molecule has 26 heavy (non-hydrogen) atoms. The van der Waals surface area contributed by atoms with Crippen molar-refractivity contribution in [3.05, 3.63) is 44.0 Å². The summed E-state index contributed by atoms with van der Waals surface area (Å²) in [5, 5.41) is 21.8. The summed E-state index contributed by atoms with van der Waals surface area (Å²) in [5.74, 6) is 0. The zero-order valence-electron chi connectivity index (χ0n) is 16.1. The summed E-state index contributed by atoms with van der Waals surface area (Å²) in [5.41, 5.74) is -0.946. The third-order valence-electron chi connectivity index (χ3n) is 2.91. The molecule has 1 aromatic rings. The van der Waals surface area contributed by atoms with Crippen molar-refractivity contribution in [1.82, 2.24) is 0 Å². The van der Waals surface area contributed by atoms with E-state index < -0.39 is 15.4 Å². The lowest BCUT2D eigenvalue weighted by Gasteiger charge is -2.27. The summed E-state index contributed by atoms with van der Waals surface area (Å²) in [6.07, 6.45) is 0. The van der Waals surface area contributed by atoms with Crippen LogP contribution in [0.2, 0.25) is 0 Å². The van der Waals surface area contributed by atoms with Crippen molar-refractivity contribution in [3.63, 3.8) is 0 Å². The van der Waals surface area contributed by atoms with Gasteiger partial charge in [0.25, 0.3) is 11.4 Å². The maximum atomic E-state index is 10.9. The van der Waals surface area contributed by atoms with Crippen LogP contribution in [0.4, 0.5) is 11.4 Å². The minimum atomic E-state index is -0.664. The molecule has 0 amide bonds. The van der Waals surface area contributed by atoms with Crippen LogP contribution in [0.5, 0.6) is 0 Å². The van der Waals surface area contributed by atoms with E-state index in [1.165, 1.54) is 12.1 Å². The number of hydrogen-bond acceptors (Lipinski definition) is 6. The molecule has 0 radical (unpaired) electrons. The molecule has 8 nitrogen and oxygen atoms in total. The van der Waals surface area contributed by atoms with Crippen LogP contribution in [-0.4, -0.2) is 33.0 Å². The van der Waals surface area contributed by atoms with Gasteiger partial charge >= 0.3 is 0 Å². The van der Waals surface area contributed by atoms with Crippen LogP contribution in [0.25, 0.3) is 0 Å². The maximum absolute atomic E-state index is 10.9. The van der Waals surface area contributed by atoms with Crippen LogP contribution in [0, 0.1) is 20.2 Å². The Labute approximate surface area is 162 Å². The normalized spacial score (nSPS) is 11.5. The largest absolute Gasteiger partial charge is 0.377 e. The summed E-state index contributed by atoms with van der Waals surface area (Å²) in [4.78, 5) is 20.4. The molecule has 0 aromatic heterocycles. The number of halogens is 1. The lowest BCUT2D eigenvalue weighted by molar-refractivity contribution is -0.394. The van der Waals surface area contributed by atoms with Crippen molar-refractivity contribution < 1.29 is 19.3 Å². The minimum absolute atomic E-state index is 0.0105. The standard InChI is InChI=1S/C15H21BrN2O6.C2H6/c1-14(2,16)9-23-10-15(3,4)24-8-11-5-12(17(19)20)7-13(6-11)18(21)22;1-2/h5-7H,8-10H2,1-4H3;1-2H3. The Kier molecular flexibility index (Phi) is 9.90. The maximum Gasteiger partial charge on any atom is 0.276 e. The quantitative estimate of drug-likeness (QED) is 0.307. The second-order valence-corrected chi connectivity index (χ2v) is 8.78. The lowest BCUT2D eigenvalue weighted by Crippen LogP contribution is -2.33. The Morgan fingerprint density at radius 2 is 1.42 bits per heavy atom. The number of rotatable bonds is 9. The molecular weight excluding hydrogens is 408 g/mol. The fourth-order valence-electron chi connectivity index (χ4n) is 1.81. The summed E-state index contributed by atoms with van der Waals surface area (Å²) in [7, 11) is 0. The molecule has 148 valence electrons. The molecule has 0 aliphatic heterocycles. The van der Waals surface area contributed by atoms with E-state index in [4.69, 9.17) is 9.47 Å². The van der Waals surface area contributed by atoms with Gasteiger partial charge in [-0.1, -0.05) is 29.8 Å². The van der Waals surface area contributed by atoms with Crippen molar-refractivity contribution in [2.45, 2.75) is 58.1 Å². The third kappa shape index (κ3) is 9.79. The summed E-state index contributed by atoms with van der Waals surface area (Å²) in [6, 6.07) is 3.47. The Balaban J connectivity index is 0.00000301. The first-order valence-corrected chi connectivity index (χ1v) is 9.02. The molecule has 0 N–H and O–H groups in total. The number of ether oxygens (including phenoxy) is 2. The minimum Gasteiger partial charge on any atom is -0.377 e. The van der Waals surface area contributed by atoms with Gasteiger partial charge in [0.15, 0.2) is 0 Å². The zero-order valence-corrected chi connectivity index (χ0v) is 17.7. The van der Waals surface area contributed by atoms with E-state index in [1.807, 2.05) is 41.5 Å². The Bertz CT molecular complexity index is 582. The Hall–Kier alpha value is -1.58. The van der Waals surface area contributed by atoms with Crippen LogP contribution in [0.1, 0.15) is 47.1 Å². The molecule has 0 unspecified atom stereocenters. The van der Waals surface area contributed by atoms with Crippen molar-refractivity contribution in [2.75, 3.05) is 13.2 Å². The molecular formula is C17H27BrN2O6. The van der Waals surface area contributed by atoms with Crippen molar-refractivity contribution in [2.24, 2.45) is 0 Å². The smallest absolute Gasteiger partial charge is 0.276 e. The van der Waals surface area contributed by atoms with Crippen molar-refractivity contribution in [3.8, 4) is 0 Å². The number of nitro benzene ring substituents is 2. The summed E-state index contributed by atoms with van der Waals surface area (Å²) in [6.45, 7) is 12.4. The third-order valence-corrected chi connectivity index (χ3v) is 3.14. The van der Waals surface area contributed by atoms with Crippen LogP contribution < -0.4 is 0 Å². The van der Waals surface area contributed by atoms with E-state index in [-0.39, 0.29) is 22.3 Å². The van der Waals surface area contributed by atoms with Gasteiger partial charge in [-0.2, -0.15) is 0 Å². The second-order valence-electron chi connectivity index (χ2n) is 6.63. The van der Waals surface area contributed by atoms with Gasteiger partial charge in [-0.15, -0.1) is 0 Å². The van der Waals surface area contributed by atoms with Gasteiger partial charge in [-0.05, 0) is 33.3 Å². The summed E-state index contributed by atoms with van der Waals surface area (Å²) >= 11 is 3.47. The van der Waals surface area contributed by atoms with Crippen LogP contribution in [0.15, 0.2) is 18.2 Å². The van der Waals surface area contributed by atoms with E-state index in [0.717, 1.165) is 6.07 Å². The number of nitrogens with zero attached hydrogens (tertiary/aromatic N) is 2. The van der Waals surface area contributed by atoms with Gasteiger partial charge in [0.2, 0.25) is 0 Å². The van der Waals surface area contributed by atoms with Crippen LogP contribution in [0.3, 0.4) is 0 Å². The van der Waals surface area contributed by atoms with Crippen molar-refractivity contribution >= 4 is 27.3 Å². The average Bonchev–Trinajstić information content (AvgIpc) is 2.53. The highest BCUT2D eigenvalue weighted by atomic mass is 79.9. The molecule has 1 rings (SSSR count). The first-order chi connectivity index (χ1) is 11.9. The first-order valence-electron chi connectivity index (χ1n) is 8.23. The van der Waals surface area contributed by atoms with Crippen LogP contribution >= 0.6 is 15.9 Å². The molecule has 0 bridgehead atoms. The first kappa shape index (κ1) is 24.4. The Morgan fingerprint density at radius 1 is 0.962 bits per heavy atom. The van der Waals surface area contributed by atoms with E-state index in [2.05, 4.69) is 15.9 Å². The molecule has 0 heterocycles. The topological polar surface area (TPSA) is 105 Å². The van der Waals surface area contributed by atoms with Crippen LogP contribution in [-0.2, 0) is 16.1 Å². The van der Waals surface area contributed by atoms with E-state index in [9.17, 15) is 20.2 Å². The van der Waals surface area contributed by atoms with Gasteiger partial charge in [0, 0.05) is 16.5 Å². The fraction of sp³-hybridized carbons (Fsp3) is 0.647. The average molecular weight is 435 g/mol. The van der Waals surface area contributed by atoms with E-state index >= 15 is 0 Å². The highest BCUT2D eigenvalue weighted by Crippen LogP contribution is 2.25. The van der Waals surface area contributed by atoms with E-state index in [0.29, 0.717) is 18.8 Å². The number of hydrogen-bond donors (Lipinski definition) is 0. The molecule has 1 aromatic carbocycles. The second kappa shape index (κ2) is 10.5. The molecule has 9 heteroatoms. The molecule has 0 spiro atoms. The van der Waals surface area contributed by atoms with Gasteiger partial charge in [-0.3, -0.25) is 20.2 Å². The number of nitro groups is 2. The van der Waals surface area contributed by atoms with Gasteiger partial charge < -0.3 is 9.47 Å². The fourth-order valence-corrected chi connectivity index (χ4v) is 1.97.